The van der Waals surface area contributed by atoms with E-state index in [4.69, 9.17) is 9.47 Å². The molecule has 3 atom stereocenters. The maximum atomic E-state index is 10.0. The van der Waals surface area contributed by atoms with Crippen LogP contribution in [-0.2, 0) is 9.47 Å². The van der Waals surface area contributed by atoms with Crippen LogP contribution in [0.5, 0.6) is 0 Å². The third-order valence-corrected chi connectivity index (χ3v) is 4.90. The summed E-state index contributed by atoms with van der Waals surface area (Å²) in [6.45, 7) is 3.72. The normalized spacial score (nSPS) is 48.4. The summed E-state index contributed by atoms with van der Waals surface area (Å²) < 4.78 is 11.5. The SMILES string of the molecule is CC12CCC3(CC1CCC2O)OCCO3. The second-order valence-electron chi connectivity index (χ2n) is 5.61. The zero-order valence-corrected chi connectivity index (χ0v) is 9.37. The van der Waals surface area contributed by atoms with Gasteiger partial charge in [0.1, 0.15) is 0 Å². The Labute approximate surface area is 90.8 Å². The molecule has 0 bridgehead atoms. The standard InChI is InChI=1S/C12H20O3/c1-11-4-5-12(14-6-7-15-12)8-9(11)2-3-10(11)13/h9-10,13H,2-8H2,1H3. The summed E-state index contributed by atoms with van der Waals surface area (Å²) in [6, 6.07) is 0. The molecule has 3 nitrogen and oxygen atoms in total. The van der Waals surface area contributed by atoms with Crippen LogP contribution in [0.15, 0.2) is 0 Å². The van der Waals surface area contributed by atoms with Crippen LogP contribution in [-0.4, -0.2) is 30.2 Å². The van der Waals surface area contributed by atoms with Crippen molar-refractivity contribution >= 4 is 0 Å². The van der Waals surface area contributed by atoms with E-state index in [0.717, 1.165) is 45.3 Å². The zero-order chi connectivity index (χ0) is 10.5. The first-order chi connectivity index (χ1) is 7.15. The van der Waals surface area contributed by atoms with Crippen LogP contribution in [0.1, 0.15) is 39.0 Å². The third-order valence-electron chi connectivity index (χ3n) is 4.90. The average Bonchev–Trinajstić information content (AvgIpc) is 2.78. The van der Waals surface area contributed by atoms with Gasteiger partial charge in [-0.1, -0.05) is 6.92 Å². The Hall–Kier alpha value is -0.120. The fourth-order valence-electron chi connectivity index (χ4n) is 3.69. The summed E-state index contributed by atoms with van der Waals surface area (Å²) in [5.41, 5.74) is 0.126. The zero-order valence-electron chi connectivity index (χ0n) is 9.37. The number of fused-ring (bicyclic) bond motifs is 1. The monoisotopic (exact) mass is 212 g/mol. The van der Waals surface area contributed by atoms with Crippen molar-refractivity contribution < 1.29 is 14.6 Å². The van der Waals surface area contributed by atoms with Gasteiger partial charge in [0.15, 0.2) is 5.79 Å². The number of rotatable bonds is 0. The second-order valence-corrected chi connectivity index (χ2v) is 5.61. The Morgan fingerprint density at radius 3 is 2.60 bits per heavy atom. The molecule has 1 heterocycles. The van der Waals surface area contributed by atoms with Crippen molar-refractivity contribution in [2.45, 2.75) is 50.9 Å². The van der Waals surface area contributed by atoms with Crippen LogP contribution in [0.2, 0.25) is 0 Å². The summed E-state index contributed by atoms with van der Waals surface area (Å²) in [5.74, 6) is 0.299. The average molecular weight is 212 g/mol. The van der Waals surface area contributed by atoms with Crippen molar-refractivity contribution in [2.24, 2.45) is 11.3 Å². The molecule has 2 saturated carbocycles. The number of ether oxygens (including phenoxy) is 2. The second kappa shape index (κ2) is 3.19. The van der Waals surface area contributed by atoms with Crippen LogP contribution < -0.4 is 0 Å². The first-order valence-electron chi connectivity index (χ1n) is 6.11. The van der Waals surface area contributed by atoms with Gasteiger partial charge in [-0.25, -0.2) is 0 Å². The van der Waals surface area contributed by atoms with Crippen molar-refractivity contribution in [3.63, 3.8) is 0 Å². The van der Waals surface area contributed by atoms with Gasteiger partial charge < -0.3 is 14.6 Å². The Morgan fingerprint density at radius 2 is 1.87 bits per heavy atom. The van der Waals surface area contributed by atoms with Crippen molar-refractivity contribution in [1.82, 2.24) is 0 Å². The van der Waals surface area contributed by atoms with Gasteiger partial charge in [0.2, 0.25) is 0 Å². The molecule has 0 aromatic carbocycles. The lowest BCUT2D eigenvalue weighted by Gasteiger charge is -2.45. The van der Waals surface area contributed by atoms with Gasteiger partial charge in [-0.05, 0) is 30.6 Å². The molecule has 3 aliphatic rings. The number of aliphatic hydroxyl groups is 1. The van der Waals surface area contributed by atoms with Gasteiger partial charge in [0.05, 0.1) is 19.3 Å². The van der Waals surface area contributed by atoms with Gasteiger partial charge in [-0.15, -0.1) is 0 Å². The molecule has 1 N–H and O–H groups in total. The molecule has 1 aliphatic heterocycles. The first-order valence-corrected chi connectivity index (χ1v) is 6.11. The minimum atomic E-state index is -0.283. The third kappa shape index (κ3) is 1.37. The van der Waals surface area contributed by atoms with Gasteiger partial charge in [-0.3, -0.25) is 0 Å². The Kier molecular flexibility index (Phi) is 2.14. The lowest BCUT2D eigenvalue weighted by molar-refractivity contribution is -0.208. The molecule has 0 aromatic rings. The van der Waals surface area contributed by atoms with E-state index in [1.807, 2.05) is 0 Å². The van der Waals surface area contributed by atoms with E-state index in [-0.39, 0.29) is 17.3 Å². The van der Waals surface area contributed by atoms with Crippen LogP contribution in [0.3, 0.4) is 0 Å². The van der Waals surface area contributed by atoms with E-state index < -0.39 is 0 Å². The lowest BCUT2D eigenvalue weighted by atomic mass is 9.66. The Morgan fingerprint density at radius 1 is 1.13 bits per heavy atom. The van der Waals surface area contributed by atoms with Crippen LogP contribution >= 0.6 is 0 Å². The highest BCUT2D eigenvalue weighted by Gasteiger charge is 2.55. The Balaban J connectivity index is 1.80. The number of hydrogen-bond donors (Lipinski definition) is 1. The fourth-order valence-corrected chi connectivity index (χ4v) is 3.69. The van der Waals surface area contributed by atoms with Crippen molar-refractivity contribution in [3.8, 4) is 0 Å². The van der Waals surface area contributed by atoms with E-state index in [1.165, 1.54) is 0 Å². The lowest BCUT2D eigenvalue weighted by Crippen LogP contribution is -2.46. The van der Waals surface area contributed by atoms with Crippen LogP contribution in [0.4, 0.5) is 0 Å². The predicted octanol–water partition coefficient (Wildman–Crippen LogP) is 1.69. The molecule has 3 unspecified atom stereocenters. The van der Waals surface area contributed by atoms with Gasteiger partial charge in [-0.2, -0.15) is 0 Å². The largest absolute Gasteiger partial charge is 0.393 e. The van der Waals surface area contributed by atoms with Crippen molar-refractivity contribution in [2.75, 3.05) is 13.2 Å². The molecule has 1 spiro atoms. The molecule has 3 fully saturated rings. The van der Waals surface area contributed by atoms with Crippen LogP contribution in [0, 0.1) is 11.3 Å². The molecule has 3 heteroatoms. The van der Waals surface area contributed by atoms with E-state index in [1.54, 1.807) is 0 Å². The van der Waals surface area contributed by atoms with Crippen molar-refractivity contribution in [1.29, 1.82) is 0 Å². The van der Waals surface area contributed by atoms with Gasteiger partial charge in [0, 0.05) is 12.8 Å². The highest BCUT2D eigenvalue weighted by molar-refractivity contribution is 5.02. The van der Waals surface area contributed by atoms with E-state index in [2.05, 4.69) is 6.92 Å². The molecule has 2 aliphatic carbocycles. The summed E-state index contributed by atoms with van der Waals surface area (Å²) in [6.07, 6.45) is 4.96. The maximum absolute atomic E-state index is 10.0. The molecule has 0 radical (unpaired) electrons. The maximum Gasteiger partial charge on any atom is 0.168 e. The van der Waals surface area contributed by atoms with E-state index in [0.29, 0.717) is 5.92 Å². The molecular formula is C12H20O3. The van der Waals surface area contributed by atoms with E-state index >= 15 is 0 Å². The van der Waals surface area contributed by atoms with Crippen molar-refractivity contribution in [3.05, 3.63) is 0 Å². The molecule has 0 aromatic heterocycles. The van der Waals surface area contributed by atoms with Gasteiger partial charge in [0.25, 0.3) is 0 Å². The smallest absolute Gasteiger partial charge is 0.168 e. The minimum Gasteiger partial charge on any atom is -0.393 e. The molecule has 15 heavy (non-hydrogen) atoms. The first kappa shape index (κ1) is 10.1. The number of aliphatic hydroxyl groups excluding tert-OH is 1. The Bertz CT molecular complexity index is 260. The quantitative estimate of drug-likeness (QED) is 0.664. The summed E-state index contributed by atoms with van der Waals surface area (Å²) in [7, 11) is 0. The summed E-state index contributed by atoms with van der Waals surface area (Å²) >= 11 is 0. The summed E-state index contributed by atoms with van der Waals surface area (Å²) in [5, 5.41) is 10.0. The molecule has 3 rings (SSSR count). The molecular weight excluding hydrogens is 192 g/mol. The highest BCUT2D eigenvalue weighted by Crippen LogP contribution is 2.56. The molecule has 86 valence electrons. The van der Waals surface area contributed by atoms with Crippen LogP contribution in [0.25, 0.3) is 0 Å². The van der Waals surface area contributed by atoms with E-state index in [9.17, 15) is 5.11 Å². The molecule has 0 amide bonds. The number of hydrogen-bond acceptors (Lipinski definition) is 3. The topological polar surface area (TPSA) is 38.7 Å². The van der Waals surface area contributed by atoms with Gasteiger partial charge >= 0.3 is 0 Å². The summed E-state index contributed by atoms with van der Waals surface area (Å²) in [4.78, 5) is 0. The highest BCUT2D eigenvalue weighted by atomic mass is 16.7. The minimum absolute atomic E-state index is 0.110. The predicted molar refractivity (Wildman–Crippen MR) is 55.3 cm³/mol. The fraction of sp³-hybridized carbons (Fsp3) is 1.00. The molecule has 1 saturated heterocycles.